The van der Waals surface area contributed by atoms with E-state index in [-0.39, 0.29) is 25.0 Å². The van der Waals surface area contributed by atoms with Gasteiger partial charge in [0.2, 0.25) is 5.91 Å². The molecule has 0 saturated heterocycles. The SMILES string of the molecule is C=CCN(CC(=O)N(Cc1ccccc1)Cc1ccc(C)s1)C(=O)Nc1cccc(C)c1. The number of hydrogen-bond donors (Lipinski definition) is 1. The van der Waals surface area contributed by atoms with Crippen LogP contribution in [-0.4, -0.2) is 34.8 Å². The van der Waals surface area contributed by atoms with Crippen molar-refractivity contribution in [1.82, 2.24) is 9.80 Å². The van der Waals surface area contributed by atoms with Gasteiger partial charge in [-0.05, 0) is 49.2 Å². The highest BCUT2D eigenvalue weighted by Crippen LogP contribution is 2.19. The third-order valence-electron chi connectivity index (χ3n) is 4.94. The lowest BCUT2D eigenvalue weighted by Crippen LogP contribution is -2.44. The molecule has 0 spiro atoms. The Morgan fingerprint density at radius 2 is 1.75 bits per heavy atom. The number of carbonyl (C=O) groups is 2. The number of rotatable bonds is 9. The normalized spacial score (nSPS) is 10.4. The Bertz CT molecular complexity index is 1060. The molecule has 3 rings (SSSR count). The summed E-state index contributed by atoms with van der Waals surface area (Å²) >= 11 is 1.68. The van der Waals surface area contributed by atoms with Crippen molar-refractivity contribution in [3.8, 4) is 0 Å². The Morgan fingerprint density at radius 1 is 0.969 bits per heavy atom. The number of nitrogens with zero attached hydrogens (tertiary/aromatic N) is 2. The molecule has 1 heterocycles. The average Bonchev–Trinajstić information content (AvgIpc) is 3.18. The number of benzene rings is 2. The van der Waals surface area contributed by atoms with Gasteiger partial charge in [0, 0.05) is 28.5 Å². The van der Waals surface area contributed by atoms with Crippen LogP contribution in [0.15, 0.2) is 79.4 Å². The molecule has 0 aliphatic heterocycles. The summed E-state index contributed by atoms with van der Waals surface area (Å²) in [5.41, 5.74) is 2.80. The van der Waals surface area contributed by atoms with E-state index in [0.717, 1.165) is 16.0 Å². The molecule has 3 aromatic rings. The van der Waals surface area contributed by atoms with Gasteiger partial charge in [-0.2, -0.15) is 0 Å². The Labute approximate surface area is 194 Å². The van der Waals surface area contributed by atoms with E-state index in [1.54, 1.807) is 22.3 Å². The topological polar surface area (TPSA) is 52.7 Å². The largest absolute Gasteiger partial charge is 0.332 e. The van der Waals surface area contributed by atoms with Crippen LogP contribution in [0.1, 0.15) is 20.9 Å². The van der Waals surface area contributed by atoms with Crippen LogP contribution in [0.2, 0.25) is 0 Å². The van der Waals surface area contributed by atoms with Gasteiger partial charge in [0.1, 0.15) is 6.54 Å². The van der Waals surface area contributed by atoms with Gasteiger partial charge in [0.25, 0.3) is 0 Å². The van der Waals surface area contributed by atoms with Gasteiger partial charge in [0.15, 0.2) is 0 Å². The number of thiophene rings is 1. The van der Waals surface area contributed by atoms with Crippen LogP contribution >= 0.6 is 11.3 Å². The quantitative estimate of drug-likeness (QED) is 0.433. The zero-order valence-corrected chi connectivity index (χ0v) is 19.4. The second kappa shape index (κ2) is 11.3. The van der Waals surface area contributed by atoms with Gasteiger partial charge in [-0.15, -0.1) is 17.9 Å². The van der Waals surface area contributed by atoms with E-state index in [4.69, 9.17) is 0 Å². The smallest absolute Gasteiger partial charge is 0.322 e. The minimum atomic E-state index is -0.324. The van der Waals surface area contributed by atoms with E-state index in [1.807, 2.05) is 61.5 Å². The van der Waals surface area contributed by atoms with E-state index < -0.39 is 0 Å². The molecule has 0 saturated carbocycles. The maximum absolute atomic E-state index is 13.3. The lowest BCUT2D eigenvalue weighted by Gasteiger charge is -2.27. The van der Waals surface area contributed by atoms with Crippen LogP contribution in [-0.2, 0) is 17.9 Å². The summed E-state index contributed by atoms with van der Waals surface area (Å²) in [6.45, 7) is 9.01. The summed E-state index contributed by atoms with van der Waals surface area (Å²) in [5.74, 6) is -0.110. The standard InChI is InChI=1S/C26H29N3O2S/c1-4-15-28(26(31)27-23-12-8-9-20(2)16-23)19-25(30)29(17-22-10-6-5-7-11-22)18-24-14-13-21(3)32-24/h4-14,16H,1,15,17-19H2,2-3H3,(H,27,31). The number of aryl methyl sites for hydroxylation is 2. The fraction of sp³-hybridized carbons (Fsp3) is 0.231. The lowest BCUT2D eigenvalue weighted by atomic mass is 10.2. The number of nitrogens with one attached hydrogen (secondary N) is 1. The Morgan fingerprint density at radius 3 is 2.41 bits per heavy atom. The van der Waals surface area contributed by atoms with Gasteiger partial charge >= 0.3 is 6.03 Å². The molecule has 6 heteroatoms. The van der Waals surface area contributed by atoms with Crippen LogP contribution in [0.3, 0.4) is 0 Å². The molecule has 0 unspecified atom stereocenters. The summed E-state index contributed by atoms with van der Waals surface area (Å²) in [6.07, 6.45) is 1.63. The summed E-state index contributed by atoms with van der Waals surface area (Å²) in [7, 11) is 0. The van der Waals surface area contributed by atoms with Crippen molar-refractivity contribution in [3.05, 3.63) is 100 Å². The zero-order chi connectivity index (χ0) is 22.9. The number of hydrogen-bond acceptors (Lipinski definition) is 3. The van der Waals surface area contributed by atoms with Crippen LogP contribution in [0.25, 0.3) is 0 Å². The van der Waals surface area contributed by atoms with Crippen molar-refractivity contribution in [1.29, 1.82) is 0 Å². The monoisotopic (exact) mass is 447 g/mol. The van der Waals surface area contributed by atoms with Gasteiger partial charge < -0.3 is 15.1 Å². The third-order valence-corrected chi connectivity index (χ3v) is 5.93. The van der Waals surface area contributed by atoms with E-state index in [9.17, 15) is 9.59 Å². The van der Waals surface area contributed by atoms with Crippen LogP contribution < -0.4 is 5.32 Å². The fourth-order valence-electron chi connectivity index (χ4n) is 3.36. The predicted molar refractivity (Wildman–Crippen MR) is 132 cm³/mol. The van der Waals surface area contributed by atoms with Crippen molar-refractivity contribution in [2.24, 2.45) is 0 Å². The predicted octanol–water partition coefficient (Wildman–Crippen LogP) is 5.61. The number of amides is 3. The van der Waals surface area contributed by atoms with Crippen molar-refractivity contribution in [3.63, 3.8) is 0 Å². The average molecular weight is 448 g/mol. The molecule has 0 fully saturated rings. The fourth-order valence-corrected chi connectivity index (χ4v) is 4.26. The zero-order valence-electron chi connectivity index (χ0n) is 18.6. The maximum Gasteiger partial charge on any atom is 0.322 e. The minimum absolute atomic E-state index is 0.0269. The van der Waals surface area contributed by atoms with E-state index >= 15 is 0 Å². The van der Waals surface area contributed by atoms with Crippen molar-refractivity contribution >= 4 is 29.0 Å². The first-order valence-corrected chi connectivity index (χ1v) is 11.4. The molecule has 0 bridgehead atoms. The molecule has 166 valence electrons. The molecule has 0 aliphatic carbocycles. The second-order valence-electron chi connectivity index (χ2n) is 7.72. The van der Waals surface area contributed by atoms with Gasteiger partial charge in [-0.3, -0.25) is 4.79 Å². The van der Waals surface area contributed by atoms with Crippen molar-refractivity contribution in [2.45, 2.75) is 26.9 Å². The summed E-state index contributed by atoms with van der Waals surface area (Å²) < 4.78 is 0. The summed E-state index contributed by atoms with van der Waals surface area (Å²) in [5, 5.41) is 2.89. The van der Waals surface area contributed by atoms with Gasteiger partial charge in [-0.1, -0.05) is 48.5 Å². The first-order valence-electron chi connectivity index (χ1n) is 10.5. The van der Waals surface area contributed by atoms with E-state index in [1.165, 1.54) is 9.78 Å². The lowest BCUT2D eigenvalue weighted by molar-refractivity contribution is -0.132. The molecule has 2 aromatic carbocycles. The Hall–Kier alpha value is -3.38. The van der Waals surface area contributed by atoms with Crippen LogP contribution in [0.5, 0.6) is 0 Å². The molecular formula is C26H29N3O2S. The van der Waals surface area contributed by atoms with Crippen LogP contribution in [0, 0.1) is 13.8 Å². The molecule has 32 heavy (non-hydrogen) atoms. The number of anilines is 1. The molecule has 3 amide bonds. The van der Waals surface area contributed by atoms with Crippen molar-refractivity contribution < 1.29 is 9.59 Å². The first kappa shape index (κ1) is 23.3. The minimum Gasteiger partial charge on any atom is -0.332 e. The van der Waals surface area contributed by atoms with Crippen LogP contribution in [0.4, 0.5) is 10.5 Å². The number of carbonyl (C=O) groups excluding carboxylic acids is 2. The summed E-state index contributed by atoms with van der Waals surface area (Å²) in [4.78, 5) is 31.8. The highest BCUT2D eigenvalue weighted by atomic mass is 32.1. The van der Waals surface area contributed by atoms with E-state index in [2.05, 4.69) is 31.0 Å². The molecule has 5 nitrogen and oxygen atoms in total. The van der Waals surface area contributed by atoms with Gasteiger partial charge in [0.05, 0.1) is 6.54 Å². The Balaban J connectivity index is 1.74. The molecule has 1 N–H and O–H groups in total. The molecular weight excluding hydrogens is 418 g/mol. The Kier molecular flexibility index (Phi) is 8.22. The van der Waals surface area contributed by atoms with Gasteiger partial charge in [-0.25, -0.2) is 4.79 Å². The second-order valence-corrected chi connectivity index (χ2v) is 9.09. The first-order chi connectivity index (χ1) is 15.4. The van der Waals surface area contributed by atoms with E-state index in [0.29, 0.717) is 18.8 Å². The highest BCUT2D eigenvalue weighted by Gasteiger charge is 2.22. The van der Waals surface area contributed by atoms with Crippen molar-refractivity contribution in [2.75, 3.05) is 18.4 Å². The maximum atomic E-state index is 13.3. The highest BCUT2D eigenvalue weighted by molar-refractivity contribution is 7.11. The summed E-state index contributed by atoms with van der Waals surface area (Å²) in [6, 6.07) is 21.3. The molecule has 0 aliphatic rings. The molecule has 1 aromatic heterocycles. The third kappa shape index (κ3) is 6.82. The molecule has 0 atom stereocenters. The molecule has 0 radical (unpaired) electrons. The number of urea groups is 1.